The van der Waals surface area contributed by atoms with Crippen LogP contribution in [0.1, 0.15) is 64.4 Å². The molecule has 0 spiro atoms. The summed E-state index contributed by atoms with van der Waals surface area (Å²) in [6.07, 6.45) is 8.44. The lowest BCUT2D eigenvalue weighted by atomic mass is 9.81. The number of unbranched alkanes of at least 4 members (excludes halogenated alkanes) is 5. The second kappa shape index (κ2) is 8.51. The van der Waals surface area contributed by atoms with Crippen LogP contribution in [0, 0.1) is 0 Å². The SMILES string of the molecule is CCCCCCCCNC(=O)Oc1ccc2c(c1)[C@]1(C)CCN(C)C1N2C. The minimum atomic E-state index is -0.347. The van der Waals surface area contributed by atoms with Crippen LogP contribution in [-0.4, -0.2) is 44.3 Å². The van der Waals surface area contributed by atoms with Crippen molar-refractivity contribution in [1.29, 1.82) is 0 Å². The Balaban J connectivity index is 1.53. The predicted octanol–water partition coefficient (Wildman–Crippen LogP) is 4.50. The Labute approximate surface area is 164 Å². The molecule has 5 heteroatoms. The lowest BCUT2D eigenvalue weighted by Gasteiger charge is -2.32. The van der Waals surface area contributed by atoms with Gasteiger partial charge in [0.05, 0.1) is 6.17 Å². The van der Waals surface area contributed by atoms with Gasteiger partial charge in [0.1, 0.15) is 5.75 Å². The highest BCUT2D eigenvalue weighted by Crippen LogP contribution is 2.51. The van der Waals surface area contributed by atoms with E-state index >= 15 is 0 Å². The summed E-state index contributed by atoms with van der Waals surface area (Å²) in [6.45, 7) is 6.32. The van der Waals surface area contributed by atoms with E-state index in [2.05, 4.69) is 55.2 Å². The molecule has 0 bridgehead atoms. The van der Waals surface area contributed by atoms with Crippen molar-refractivity contribution in [1.82, 2.24) is 10.2 Å². The first-order valence-corrected chi connectivity index (χ1v) is 10.5. The summed E-state index contributed by atoms with van der Waals surface area (Å²) in [5, 5.41) is 2.88. The van der Waals surface area contributed by atoms with Crippen LogP contribution in [0.3, 0.4) is 0 Å². The molecular formula is C22H35N3O2. The van der Waals surface area contributed by atoms with Crippen LogP contribution in [0.25, 0.3) is 0 Å². The Bertz CT molecular complexity index is 663. The molecule has 1 fully saturated rings. The number of benzene rings is 1. The number of hydrogen-bond acceptors (Lipinski definition) is 4. The zero-order chi connectivity index (χ0) is 19.4. The smallest absolute Gasteiger partial charge is 0.410 e. The number of amides is 1. The molecule has 1 amide bonds. The summed E-state index contributed by atoms with van der Waals surface area (Å²) in [6, 6.07) is 6.06. The Morgan fingerprint density at radius 3 is 2.74 bits per heavy atom. The molecule has 0 aromatic heterocycles. The predicted molar refractivity (Wildman–Crippen MR) is 111 cm³/mol. The quantitative estimate of drug-likeness (QED) is 0.681. The molecule has 27 heavy (non-hydrogen) atoms. The van der Waals surface area contributed by atoms with Gasteiger partial charge in [-0.2, -0.15) is 0 Å². The van der Waals surface area contributed by atoms with Gasteiger partial charge >= 0.3 is 6.09 Å². The number of hydrogen-bond donors (Lipinski definition) is 1. The summed E-state index contributed by atoms with van der Waals surface area (Å²) >= 11 is 0. The van der Waals surface area contributed by atoms with Gasteiger partial charge < -0.3 is 15.0 Å². The topological polar surface area (TPSA) is 44.8 Å². The molecule has 1 saturated heterocycles. The van der Waals surface area contributed by atoms with Gasteiger partial charge in [-0.05, 0) is 43.7 Å². The lowest BCUT2D eigenvalue weighted by molar-refractivity contribution is 0.200. The molecule has 2 heterocycles. The molecule has 2 atom stereocenters. The van der Waals surface area contributed by atoms with Crippen LogP contribution < -0.4 is 15.0 Å². The van der Waals surface area contributed by atoms with Crippen molar-refractivity contribution in [2.75, 3.05) is 32.1 Å². The fourth-order valence-electron chi connectivity index (χ4n) is 4.86. The van der Waals surface area contributed by atoms with E-state index < -0.39 is 0 Å². The second-order valence-corrected chi connectivity index (χ2v) is 8.40. The van der Waals surface area contributed by atoms with E-state index in [1.54, 1.807) is 0 Å². The maximum absolute atomic E-state index is 12.1. The van der Waals surface area contributed by atoms with Crippen molar-refractivity contribution < 1.29 is 9.53 Å². The van der Waals surface area contributed by atoms with Crippen LogP contribution in [-0.2, 0) is 5.41 Å². The summed E-state index contributed by atoms with van der Waals surface area (Å²) in [5.74, 6) is 0.638. The number of likely N-dealkylation sites (tertiary alicyclic amines) is 1. The highest BCUT2D eigenvalue weighted by molar-refractivity contribution is 5.72. The molecule has 5 nitrogen and oxygen atoms in total. The zero-order valence-electron chi connectivity index (χ0n) is 17.4. The maximum atomic E-state index is 12.1. The molecule has 2 aliphatic heterocycles. The van der Waals surface area contributed by atoms with E-state index in [1.807, 2.05) is 6.07 Å². The van der Waals surface area contributed by atoms with E-state index in [9.17, 15) is 4.79 Å². The fraction of sp³-hybridized carbons (Fsp3) is 0.682. The van der Waals surface area contributed by atoms with E-state index in [4.69, 9.17) is 4.74 Å². The third-order valence-electron chi connectivity index (χ3n) is 6.31. The first-order valence-electron chi connectivity index (χ1n) is 10.5. The Morgan fingerprint density at radius 2 is 1.96 bits per heavy atom. The highest BCUT2D eigenvalue weighted by Gasteiger charge is 2.52. The van der Waals surface area contributed by atoms with E-state index in [0.717, 1.165) is 19.4 Å². The molecule has 0 aliphatic carbocycles. The molecule has 1 aromatic carbocycles. The van der Waals surface area contributed by atoms with Crippen LogP contribution >= 0.6 is 0 Å². The number of carbonyl (C=O) groups is 1. The molecule has 1 N–H and O–H groups in total. The van der Waals surface area contributed by atoms with Gasteiger partial charge in [-0.15, -0.1) is 0 Å². The van der Waals surface area contributed by atoms with Gasteiger partial charge in [0.2, 0.25) is 0 Å². The second-order valence-electron chi connectivity index (χ2n) is 8.40. The molecule has 0 saturated carbocycles. The molecule has 2 aliphatic rings. The minimum absolute atomic E-state index is 0.0904. The van der Waals surface area contributed by atoms with Gasteiger partial charge in [-0.25, -0.2) is 4.79 Å². The third-order valence-corrected chi connectivity index (χ3v) is 6.31. The highest BCUT2D eigenvalue weighted by atomic mass is 16.6. The molecule has 1 unspecified atom stereocenters. The average Bonchev–Trinajstić information content (AvgIpc) is 3.06. The standard InChI is InChI=1S/C22H35N3O2/c1-5-6-7-8-9-10-14-23-21(26)27-17-11-12-19-18(16-17)22(2)13-15-24(3)20(22)25(19)4/h11-12,16,20H,5-10,13-15H2,1-4H3,(H,23,26)/t20?,22-/m0/s1. The minimum Gasteiger partial charge on any atom is -0.410 e. The summed E-state index contributed by atoms with van der Waals surface area (Å²) in [5.41, 5.74) is 2.63. The summed E-state index contributed by atoms with van der Waals surface area (Å²) < 4.78 is 5.56. The monoisotopic (exact) mass is 373 g/mol. The van der Waals surface area contributed by atoms with E-state index in [-0.39, 0.29) is 11.5 Å². The summed E-state index contributed by atoms with van der Waals surface area (Å²) in [7, 11) is 4.34. The molecule has 3 rings (SSSR count). The van der Waals surface area contributed by atoms with Gasteiger partial charge in [-0.1, -0.05) is 46.0 Å². The number of fused-ring (bicyclic) bond motifs is 3. The molecule has 150 valence electrons. The Kier molecular flexibility index (Phi) is 6.30. The number of likely N-dealkylation sites (N-methyl/N-ethyl adjacent to an activating group) is 2. The van der Waals surface area contributed by atoms with Crippen molar-refractivity contribution in [2.24, 2.45) is 0 Å². The largest absolute Gasteiger partial charge is 0.412 e. The number of nitrogens with one attached hydrogen (secondary N) is 1. The number of rotatable bonds is 8. The van der Waals surface area contributed by atoms with Crippen LogP contribution in [0.2, 0.25) is 0 Å². The molecule has 0 radical (unpaired) electrons. The van der Waals surface area contributed by atoms with Crippen LogP contribution in [0.4, 0.5) is 10.5 Å². The number of ether oxygens (including phenoxy) is 1. The van der Waals surface area contributed by atoms with Crippen molar-refractivity contribution in [3.05, 3.63) is 23.8 Å². The van der Waals surface area contributed by atoms with Crippen LogP contribution in [0.5, 0.6) is 5.75 Å². The van der Waals surface area contributed by atoms with E-state index in [0.29, 0.717) is 18.5 Å². The van der Waals surface area contributed by atoms with Crippen molar-refractivity contribution in [2.45, 2.75) is 70.4 Å². The van der Waals surface area contributed by atoms with Gasteiger partial charge in [0.15, 0.2) is 0 Å². The lowest BCUT2D eigenvalue weighted by Crippen LogP contribution is -2.45. The Hall–Kier alpha value is -1.75. The third kappa shape index (κ3) is 4.08. The normalized spacial score (nSPS) is 24.0. The van der Waals surface area contributed by atoms with Crippen molar-refractivity contribution >= 4 is 11.8 Å². The van der Waals surface area contributed by atoms with Gasteiger partial charge in [-0.3, -0.25) is 4.90 Å². The number of nitrogens with zero attached hydrogens (tertiary/aromatic N) is 2. The molecular weight excluding hydrogens is 338 g/mol. The zero-order valence-corrected chi connectivity index (χ0v) is 17.4. The Morgan fingerprint density at radius 1 is 1.22 bits per heavy atom. The maximum Gasteiger partial charge on any atom is 0.412 e. The number of anilines is 1. The first kappa shape index (κ1) is 20.0. The van der Waals surface area contributed by atoms with Gasteiger partial charge in [0.25, 0.3) is 0 Å². The van der Waals surface area contributed by atoms with Crippen LogP contribution in [0.15, 0.2) is 18.2 Å². The van der Waals surface area contributed by atoms with Crippen molar-refractivity contribution in [3.63, 3.8) is 0 Å². The fourth-order valence-corrected chi connectivity index (χ4v) is 4.86. The first-order chi connectivity index (χ1) is 13.0. The van der Waals surface area contributed by atoms with Gasteiger partial charge in [0, 0.05) is 31.2 Å². The summed E-state index contributed by atoms with van der Waals surface area (Å²) in [4.78, 5) is 16.9. The number of carbonyl (C=O) groups excluding carboxylic acids is 1. The molecule has 1 aromatic rings. The average molecular weight is 374 g/mol. The van der Waals surface area contributed by atoms with E-state index in [1.165, 1.54) is 43.4 Å². The van der Waals surface area contributed by atoms with Crippen molar-refractivity contribution in [3.8, 4) is 5.75 Å².